The molecule has 1 fully saturated rings. The maximum atomic E-state index is 12.0. The van der Waals surface area contributed by atoms with E-state index in [0.717, 1.165) is 16.8 Å². The lowest BCUT2D eigenvalue weighted by molar-refractivity contribution is -0.117. The van der Waals surface area contributed by atoms with Gasteiger partial charge in [0.1, 0.15) is 0 Å². The molecule has 19 heavy (non-hydrogen) atoms. The van der Waals surface area contributed by atoms with E-state index in [-0.39, 0.29) is 16.7 Å². The molecule has 104 valence electrons. The van der Waals surface area contributed by atoms with Gasteiger partial charge in [0.2, 0.25) is 5.91 Å². The quantitative estimate of drug-likeness (QED) is 0.713. The van der Waals surface area contributed by atoms with Crippen molar-refractivity contribution in [2.75, 3.05) is 11.4 Å². The van der Waals surface area contributed by atoms with Crippen LogP contribution in [0, 0.1) is 13.8 Å². The van der Waals surface area contributed by atoms with Crippen molar-refractivity contribution >= 4 is 23.2 Å². The topological polar surface area (TPSA) is 20.3 Å². The van der Waals surface area contributed by atoms with Crippen LogP contribution in [0.3, 0.4) is 0 Å². The summed E-state index contributed by atoms with van der Waals surface area (Å²) in [6, 6.07) is 4.38. The number of amides is 1. The number of carbonyl (C=O) groups is 1. The molecule has 3 heteroatoms. The summed E-state index contributed by atoms with van der Waals surface area (Å²) in [7, 11) is 0. The molecular weight excluding hydrogens is 258 g/mol. The van der Waals surface area contributed by atoms with Gasteiger partial charge in [-0.05, 0) is 36.0 Å². The van der Waals surface area contributed by atoms with E-state index in [1.54, 1.807) is 0 Å². The van der Waals surface area contributed by atoms with E-state index in [2.05, 4.69) is 46.8 Å². The summed E-state index contributed by atoms with van der Waals surface area (Å²) in [5.74, 6) is 0.134. The molecule has 0 N–H and O–H groups in total. The van der Waals surface area contributed by atoms with E-state index in [1.165, 1.54) is 5.56 Å². The third kappa shape index (κ3) is 2.79. The Balaban J connectivity index is 2.46. The Morgan fingerprint density at radius 3 is 2.11 bits per heavy atom. The van der Waals surface area contributed by atoms with Crippen LogP contribution in [0.25, 0.3) is 0 Å². The summed E-state index contributed by atoms with van der Waals surface area (Å²) in [4.78, 5) is 13.9. The Bertz CT molecular complexity index is 493. The zero-order chi connectivity index (χ0) is 14.4. The number of benzene rings is 1. The molecule has 1 saturated heterocycles. The van der Waals surface area contributed by atoms with Crippen LogP contribution in [0.5, 0.6) is 0 Å². The lowest BCUT2D eigenvalue weighted by Crippen LogP contribution is -2.26. The highest BCUT2D eigenvalue weighted by atomic mass is 35.5. The second-order valence-corrected chi connectivity index (χ2v) is 7.13. The number of hydrogen-bond donors (Lipinski definition) is 0. The molecule has 0 radical (unpaired) electrons. The number of aryl methyl sites for hydroxylation is 2. The van der Waals surface area contributed by atoms with Crippen LogP contribution in [0.2, 0.25) is 0 Å². The number of carbonyl (C=O) groups excluding carboxylic acids is 1. The number of hydrogen-bond acceptors (Lipinski definition) is 1. The smallest absolute Gasteiger partial charge is 0.228 e. The Hall–Kier alpha value is -1.02. The van der Waals surface area contributed by atoms with Crippen molar-refractivity contribution in [1.82, 2.24) is 0 Å². The van der Waals surface area contributed by atoms with Crippen molar-refractivity contribution in [1.29, 1.82) is 0 Å². The first kappa shape index (κ1) is 14.4. The number of nitrogens with zero attached hydrogens (tertiary/aromatic N) is 1. The van der Waals surface area contributed by atoms with Crippen molar-refractivity contribution in [3.8, 4) is 0 Å². The Labute approximate surface area is 120 Å². The van der Waals surface area contributed by atoms with E-state index in [0.29, 0.717) is 13.0 Å². The lowest BCUT2D eigenvalue weighted by Gasteiger charge is -2.26. The van der Waals surface area contributed by atoms with Gasteiger partial charge in [-0.2, -0.15) is 0 Å². The van der Waals surface area contributed by atoms with Gasteiger partial charge in [0.25, 0.3) is 0 Å². The minimum Gasteiger partial charge on any atom is -0.310 e. The van der Waals surface area contributed by atoms with Crippen LogP contribution in [-0.2, 0) is 10.2 Å². The van der Waals surface area contributed by atoms with Gasteiger partial charge >= 0.3 is 0 Å². The molecule has 1 amide bonds. The fraction of sp³-hybridized carbons (Fsp3) is 0.562. The van der Waals surface area contributed by atoms with E-state index >= 15 is 0 Å². The molecule has 0 spiro atoms. The number of alkyl halides is 1. The summed E-state index contributed by atoms with van der Waals surface area (Å²) in [5.41, 5.74) is 4.78. The highest BCUT2D eigenvalue weighted by molar-refractivity contribution is 6.24. The first-order valence-corrected chi connectivity index (χ1v) is 7.20. The van der Waals surface area contributed by atoms with Crippen LogP contribution in [-0.4, -0.2) is 17.8 Å². The molecule has 1 aliphatic rings. The first-order chi connectivity index (χ1) is 8.70. The highest BCUT2D eigenvalue weighted by Gasteiger charge is 2.31. The lowest BCUT2D eigenvalue weighted by atomic mass is 9.84. The Kier molecular flexibility index (Phi) is 3.65. The fourth-order valence-electron chi connectivity index (χ4n) is 2.69. The zero-order valence-electron chi connectivity index (χ0n) is 12.4. The molecule has 0 aliphatic carbocycles. The van der Waals surface area contributed by atoms with Crippen LogP contribution in [0.15, 0.2) is 12.1 Å². The predicted octanol–water partition coefficient (Wildman–Crippen LogP) is 3.95. The van der Waals surface area contributed by atoms with Crippen molar-refractivity contribution in [3.05, 3.63) is 28.8 Å². The molecule has 1 aliphatic heterocycles. The summed E-state index contributed by atoms with van der Waals surface area (Å²) in [6.45, 7) is 11.4. The standard InChI is InChI=1S/C16H22ClNO/c1-10-6-12(16(3,4)5)7-11(2)15(10)18-9-13(17)8-14(18)19/h6-7,13H,8-9H2,1-5H3. The average Bonchev–Trinajstić information content (AvgIpc) is 2.55. The van der Waals surface area contributed by atoms with E-state index < -0.39 is 0 Å². The van der Waals surface area contributed by atoms with Crippen LogP contribution < -0.4 is 4.90 Å². The van der Waals surface area contributed by atoms with Gasteiger partial charge < -0.3 is 4.90 Å². The molecule has 2 rings (SSSR count). The first-order valence-electron chi connectivity index (χ1n) is 6.76. The SMILES string of the molecule is Cc1cc(C(C)(C)C)cc(C)c1N1CC(Cl)CC1=O. The summed E-state index contributed by atoms with van der Waals surface area (Å²) in [6.07, 6.45) is 0.446. The molecule has 1 atom stereocenters. The molecule has 1 heterocycles. The van der Waals surface area contributed by atoms with Gasteiger partial charge in [0.05, 0.1) is 5.38 Å². The zero-order valence-corrected chi connectivity index (χ0v) is 13.1. The molecule has 0 aromatic heterocycles. The monoisotopic (exact) mass is 279 g/mol. The molecule has 1 unspecified atom stereocenters. The number of halogens is 1. The van der Waals surface area contributed by atoms with E-state index in [1.807, 2.05) is 4.90 Å². The van der Waals surface area contributed by atoms with Gasteiger partial charge in [-0.1, -0.05) is 32.9 Å². The van der Waals surface area contributed by atoms with Gasteiger partial charge in [-0.3, -0.25) is 4.79 Å². The van der Waals surface area contributed by atoms with Gasteiger partial charge in [-0.25, -0.2) is 0 Å². The molecule has 1 aromatic rings. The van der Waals surface area contributed by atoms with E-state index in [4.69, 9.17) is 11.6 Å². The second kappa shape index (κ2) is 4.82. The second-order valence-electron chi connectivity index (χ2n) is 6.51. The van der Waals surface area contributed by atoms with Gasteiger partial charge in [0.15, 0.2) is 0 Å². The minimum absolute atomic E-state index is 0.0615. The van der Waals surface area contributed by atoms with Crippen molar-refractivity contribution in [3.63, 3.8) is 0 Å². The molecule has 2 nitrogen and oxygen atoms in total. The van der Waals surface area contributed by atoms with E-state index in [9.17, 15) is 4.79 Å². The van der Waals surface area contributed by atoms with Gasteiger partial charge in [0, 0.05) is 18.7 Å². The number of anilines is 1. The average molecular weight is 280 g/mol. The molecular formula is C16H22ClNO. The summed E-state index contributed by atoms with van der Waals surface area (Å²) >= 11 is 6.10. The Morgan fingerprint density at radius 2 is 1.74 bits per heavy atom. The van der Waals surface area contributed by atoms with Gasteiger partial charge in [-0.15, -0.1) is 11.6 Å². The normalized spacial score (nSPS) is 20.2. The minimum atomic E-state index is -0.0615. The van der Waals surface area contributed by atoms with Crippen molar-refractivity contribution < 1.29 is 4.79 Å². The van der Waals surface area contributed by atoms with Crippen LogP contribution >= 0.6 is 11.6 Å². The maximum Gasteiger partial charge on any atom is 0.228 e. The summed E-state index contributed by atoms with van der Waals surface area (Å²) < 4.78 is 0. The van der Waals surface area contributed by atoms with Crippen LogP contribution in [0.4, 0.5) is 5.69 Å². The Morgan fingerprint density at radius 1 is 1.21 bits per heavy atom. The largest absolute Gasteiger partial charge is 0.310 e. The van der Waals surface area contributed by atoms with Crippen molar-refractivity contribution in [2.24, 2.45) is 0 Å². The molecule has 1 aromatic carbocycles. The third-order valence-corrected chi connectivity index (χ3v) is 4.00. The fourth-order valence-corrected chi connectivity index (χ4v) is 2.96. The highest BCUT2D eigenvalue weighted by Crippen LogP contribution is 2.34. The third-order valence-electron chi connectivity index (χ3n) is 3.70. The van der Waals surface area contributed by atoms with Crippen molar-refractivity contribution in [2.45, 2.75) is 51.8 Å². The number of rotatable bonds is 1. The predicted molar refractivity (Wildman–Crippen MR) is 81.2 cm³/mol. The van der Waals surface area contributed by atoms with Crippen LogP contribution in [0.1, 0.15) is 43.9 Å². The maximum absolute atomic E-state index is 12.0. The summed E-state index contributed by atoms with van der Waals surface area (Å²) in [5, 5.41) is -0.0615. The molecule has 0 bridgehead atoms. The molecule has 0 saturated carbocycles.